The van der Waals surface area contributed by atoms with Crippen molar-refractivity contribution in [3.63, 3.8) is 0 Å². The minimum absolute atomic E-state index is 0.0632. The highest BCUT2D eigenvalue weighted by Crippen LogP contribution is 2.43. The summed E-state index contributed by atoms with van der Waals surface area (Å²) in [4.78, 5) is 11.9. The topological polar surface area (TPSA) is 82.1 Å². The molecule has 0 bridgehead atoms. The molecular formula is C36H10F8N6. The highest BCUT2D eigenvalue weighted by molar-refractivity contribution is 5.94. The van der Waals surface area contributed by atoms with Gasteiger partial charge in [-0.1, -0.05) is 24.3 Å². The van der Waals surface area contributed by atoms with Gasteiger partial charge in [-0.2, -0.15) is 27.5 Å². The number of hydrogen-bond donors (Lipinski definition) is 0. The molecule has 0 radical (unpaired) electrons. The van der Waals surface area contributed by atoms with E-state index in [-0.39, 0.29) is 56.7 Å². The summed E-state index contributed by atoms with van der Waals surface area (Å²) in [6.45, 7) is 15.6. The quantitative estimate of drug-likeness (QED) is 0.110. The van der Waals surface area contributed by atoms with Crippen LogP contribution in [0.1, 0.15) is 22.3 Å². The number of hydrogen-bond acceptors (Lipinski definition) is 4. The summed E-state index contributed by atoms with van der Waals surface area (Å²) in [6.07, 6.45) is -0.253. The Morgan fingerprint density at radius 2 is 0.920 bits per heavy atom. The first-order valence-corrected chi connectivity index (χ1v) is 14.1. The molecule has 6 nitrogen and oxygen atoms in total. The summed E-state index contributed by atoms with van der Waals surface area (Å²) < 4.78 is 115. The molecule has 2 aliphatic carbocycles. The lowest BCUT2D eigenvalue weighted by atomic mass is 9.90. The molecular weight excluding hydrogens is 668 g/mol. The van der Waals surface area contributed by atoms with Gasteiger partial charge in [0.1, 0.15) is 0 Å². The van der Waals surface area contributed by atoms with Gasteiger partial charge in [0.05, 0.1) is 36.4 Å². The Labute approximate surface area is 275 Å². The largest absolute Gasteiger partial charge is 0.270 e. The molecule has 14 heteroatoms. The normalized spacial score (nSPS) is 11.8. The van der Waals surface area contributed by atoms with Gasteiger partial charge in [0, 0.05) is 5.22 Å². The number of halogens is 8. The second-order valence-electron chi connectivity index (χ2n) is 11.1. The first kappa shape index (κ1) is 31.7. The van der Waals surface area contributed by atoms with Crippen LogP contribution >= 0.6 is 0 Å². The van der Waals surface area contributed by atoms with E-state index < -0.39 is 69.6 Å². The minimum Gasteiger partial charge on any atom is -0.226 e. The molecule has 0 fully saturated rings. The summed E-state index contributed by atoms with van der Waals surface area (Å²) >= 11 is 0. The maximum atomic E-state index is 14.7. The van der Waals surface area contributed by atoms with Gasteiger partial charge in [0.25, 0.3) is 35.2 Å². The molecule has 2 heterocycles. The van der Waals surface area contributed by atoms with Gasteiger partial charge < -0.3 is 0 Å². The third kappa shape index (κ3) is 4.36. The molecule has 3 aromatic carbocycles. The van der Waals surface area contributed by atoms with Gasteiger partial charge >= 0.3 is 0 Å². The molecule has 240 valence electrons. The minimum atomic E-state index is -1.87. The van der Waals surface area contributed by atoms with E-state index in [9.17, 15) is 45.6 Å². The van der Waals surface area contributed by atoms with Crippen LogP contribution in [-0.2, 0) is 12.8 Å². The van der Waals surface area contributed by atoms with E-state index in [1.807, 2.05) is 12.1 Å². The van der Waals surface area contributed by atoms with Crippen molar-refractivity contribution in [3.05, 3.63) is 139 Å². The molecule has 0 saturated heterocycles. The van der Waals surface area contributed by atoms with E-state index in [0.717, 1.165) is 12.1 Å². The van der Waals surface area contributed by atoms with Crippen molar-refractivity contribution in [2.45, 2.75) is 12.8 Å². The molecule has 0 saturated carbocycles. The maximum Gasteiger partial charge on any atom is 0.270 e. The highest BCUT2D eigenvalue weighted by Gasteiger charge is 2.33. The zero-order valence-electron chi connectivity index (χ0n) is 24.6. The Morgan fingerprint density at radius 1 is 0.560 bits per heavy atom. The number of pyridine rings is 2. The Kier molecular flexibility index (Phi) is 7.20. The van der Waals surface area contributed by atoms with Crippen molar-refractivity contribution in [3.8, 4) is 56.6 Å². The number of benzene rings is 3. The van der Waals surface area contributed by atoms with E-state index in [0.29, 0.717) is 22.3 Å². The average Bonchev–Trinajstić information content (AvgIpc) is 3.66. The van der Waals surface area contributed by atoms with Crippen molar-refractivity contribution in [1.82, 2.24) is 9.97 Å². The van der Waals surface area contributed by atoms with Gasteiger partial charge in [0.15, 0.2) is 23.3 Å². The Balaban J connectivity index is 1.56. The summed E-state index contributed by atoms with van der Waals surface area (Å²) in [6, 6.07) is 11.2. The van der Waals surface area contributed by atoms with E-state index >= 15 is 0 Å². The van der Waals surface area contributed by atoms with E-state index in [4.69, 9.17) is 13.1 Å². The van der Waals surface area contributed by atoms with Gasteiger partial charge in [-0.25, -0.2) is 37.8 Å². The van der Waals surface area contributed by atoms with Crippen LogP contribution in [-0.4, -0.2) is 9.97 Å². The Morgan fingerprint density at radius 3 is 1.26 bits per heavy atom. The lowest BCUT2D eigenvalue weighted by Gasteiger charge is -2.14. The predicted octanol–water partition coefficient (Wildman–Crippen LogP) is 7.17. The van der Waals surface area contributed by atoms with Crippen LogP contribution in [0.2, 0.25) is 0 Å². The summed E-state index contributed by atoms with van der Waals surface area (Å²) in [7, 11) is 0. The molecule has 2 aliphatic rings. The van der Waals surface area contributed by atoms with Gasteiger partial charge in [-0.15, -0.1) is 0 Å². The fraction of sp³-hybridized carbons (Fsp3) is 0.0556. The van der Waals surface area contributed by atoms with Crippen LogP contribution in [0.4, 0.5) is 35.1 Å². The zero-order chi connectivity index (χ0) is 35.8. The molecule has 5 aromatic rings. The first-order chi connectivity index (χ1) is 23.9. The number of nitriles is 2. The molecule has 50 heavy (non-hydrogen) atoms. The van der Waals surface area contributed by atoms with Crippen LogP contribution in [0.15, 0.2) is 36.4 Å². The van der Waals surface area contributed by atoms with Crippen molar-refractivity contribution in [1.29, 1.82) is 10.5 Å². The smallest absolute Gasteiger partial charge is 0.226 e. The van der Waals surface area contributed by atoms with Crippen LogP contribution < -0.4 is 10.4 Å². The predicted molar refractivity (Wildman–Crippen MR) is 160 cm³/mol. The van der Waals surface area contributed by atoms with Gasteiger partial charge in [0.2, 0.25) is 0 Å². The maximum absolute atomic E-state index is 14.7. The molecule has 2 aromatic heterocycles. The van der Waals surface area contributed by atoms with Crippen molar-refractivity contribution in [2.24, 2.45) is 0 Å². The summed E-state index contributed by atoms with van der Waals surface area (Å²) in [5.74, 6) is -14.4. The number of nitrogens with zero attached hydrogens (tertiary/aromatic N) is 6. The van der Waals surface area contributed by atoms with Crippen LogP contribution in [0.5, 0.6) is 0 Å². The molecule has 0 amide bonds. The standard InChI is InChI=1S/C36H10F8N6/c1-47-21(11-45)25-19-9-15-7-13(23-29(37)33(41)49-34(42)30(23)38)3-5-17(15)26(19)28(22(12-46)48-2)27-18-6-4-14(8-16(18)10-20(25)27)24-31(39)35(43)50-36(44)32(24)40/h3-8H,9-10H2. The number of fused-ring (bicyclic) bond motifs is 6. The van der Waals surface area contributed by atoms with Crippen molar-refractivity contribution >= 4 is 11.4 Å². The molecule has 0 N–H and O–H groups in total. The molecule has 0 aliphatic heterocycles. The second kappa shape index (κ2) is 11.4. The van der Waals surface area contributed by atoms with Crippen LogP contribution in [0.25, 0.3) is 65.6 Å². The number of rotatable bonds is 2. The molecule has 7 rings (SSSR count). The van der Waals surface area contributed by atoms with Crippen LogP contribution in [0, 0.1) is 82.9 Å². The van der Waals surface area contributed by atoms with Gasteiger partial charge in [-0.05, 0) is 85.8 Å². The third-order valence-corrected chi connectivity index (χ3v) is 8.67. The van der Waals surface area contributed by atoms with Crippen molar-refractivity contribution in [2.75, 3.05) is 0 Å². The lowest BCUT2D eigenvalue weighted by Crippen LogP contribution is -2.25. The zero-order valence-corrected chi connectivity index (χ0v) is 24.6. The van der Waals surface area contributed by atoms with Gasteiger partial charge in [-0.3, -0.25) is 0 Å². The first-order valence-electron chi connectivity index (χ1n) is 14.1. The van der Waals surface area contributed by atoms with E-state index in [1.54, 1.807) is 0 Å². The van der Waals surface area contributed by atoms with Crippen LogP contribution in [0.3, 0.4) is 0 Å². The SMILES string of the molecule is [C-]#[N+]C(C#N)=c1c2c(c(=C(C#N)[N+]#[C-])c3c1Cc1cc(-c4c(F)c(F)nc(F)c4F)ccc1-3)-c1ccc(-c3c(F)c(F)nc(F)c3F)cc1C2. The third-order valence-electron chi connectivity index (χ3n) is 8.67. The highest BCUT2D eigenvalue weighted by atomic mass is 19.2. The van der Waals surface area contributed by atoms with E-state index in [1.165, 1.54) is 24.3 Å². The average molecular weight is 679 g/mol. The fourth-order valence-electron chi connectivity index (χ4n) is 6.74. The van der Waals surface area contributed by atoms with E-state index in [2.05, 4.69) is 19.7 Å². The molecule has 0 unspecified atom stereocenters. The summed E-state index contributed by atoms with van der Waals surface area (Å²) in [5.41, 5.74) is -1.16. The number of aromatic nitrogens is 2. The van der Waals surface area contributed by atoms with Crippen molar-refractivity contribution < 1.29 is 35.1 Å². The summed E-state index contributed by atoms with van der Waals surface area (Å²) in [5, 5.41) is 20.3. The monoisotopic (exact) mass is 678 g/mol. The Hall–Kier alpha value is -6.90. The molecule has 0 spiro atoms. The lowest BCUT2D eigenvalue weighted by molar-refractivity contribution is 0.410. The fourth-order valence-corrected chi connectivity index (χ4v) is 6.74. The Bertz CT molecular complexity index is 2510. The second-order valence-corrected chi connectivity index (χ2v) is 11.1. The molecule has 0 atom stereocenters.